The van der Waals surface area contributed by atoms with Gasteiger partial charge in [-0.2, -0.15) is 0 Å². The molecule has 0 rings (SSSR count). The van der Waals surface area contributed by atoms with E-state index < -0.39 is 97.5 Å². The lowest BCUT2D eigenvalue weighted by molar-refractivity contribution is -0.161. The van der Waals surface area contributed by atoms with Crippen molar-refractivity contribution in [1.82, 2.24) is 0 Å². The van der Waals surface area contributed by atoms with Crippen molar-refractivity contribution in [2.75, 3.05) is 39.6 Å². The minimum Gasteiger partial charge on any atom is -0.462 e. The average Bonchev–Trinajstić information content (AvgIpc) is 3.53. The standard InChI is InChI=1S/C65H122O17P2/c1-7-9-11-13-15-17-19-20-21-22-24-26-28-37-43-49-64(69)81-60(53-75-62(67)47-41-35-27-25-23-18-16-14-12-10-8-2)55-79-83(71,72)77-51-59(66)52-78-84(73,74)80-56-61(82-65(70)50-44-38-32-30-34-40-46-58(5)6)54-76-63(68)48-42-36-31-29-33-39-45-57(3)4/h17,19-21,57-61,66H,7-16,18,22-56H2,1-6H3,(H,71,72)(H,73,74)/b19-17-,21-20-/t59-,60-,61-/m1/s1. The number of aliphatic hydroxyl groups is 1. The quantitative estimate of drug-likeness (QED) is 0.0169. The third kappa shape index (κ3) is 58.6. The highest BCUT2D eigenvalue weighted by Gasteiger charge is 2.30. The van der Waals surface area contributed by atoms with Gasteiger partial charge in [-0.3, -0.25) is 37.3 Å². The number of esters is 4. The van der Waals surface area contributed by atoms with E-state index in [2.05, 4.69) is 65.8 Å². The Balaban J connectivity index is 5.27. The van der Waals surface area contributed by atoms with Crippen molar-refractivity contribution in [3.63, 3.8) is 0 Å². The summed E-state index contributed by atoms with van der Waals surface area (Å²) in [4.78, 5) is 72.2. The monoisotopic (exact) mass is 1240 g/mol. The molecule has 17 nitrogen and oxygen atoms in total. The Bertz CT molecular complexity index is 1740. The molecular weight excluding hydrogens is 1110 g/mol. The molecule has 0 spiro atoms. The Labute approximate surface area is 510 Å². The molecule has 0 saturated carbocycles. The van der Waals surface area contributed by atoms with Crippen LogP contribution in [0.1, 0.15) is 298 Å². The fourth-order valence-electron chi connectivity index (χ4n) is 9.17. The smallest absolute Gasteiger partial charge is 0.462 e. The van der Waals surface area contributed by atoms with Crippen molar-refractivity contribution >= 4 is 39.5 Å². The van der Waals surface area contributed by atoms with Crippen LogP contribution < -0.4 is 0 Å². The maximum absolute atomic E-state index is 13.0. The summed E-state index contributed by atoms with van der Waals surface area (Å²) in [5.41, 5.74) is 0. The molecule has 19 heteroatoms. The normalized spacial score (nSPS) is 14.5. The van der Waals surface area contributed by atoms with Crippen LogP contribution in [0, 0.1) is 11.8 Å². The van der Waals surface area contributed by atoms with Crippen molar-refractivity contribution in [2.24, 2.45) is 11.8 Å². The SMILES string of the molecule is CCCCCC/C=C\C=C/CCCCCCCC(=O)O[C@H](COC(=O)CCCCCCCCCCCCC)COP(=O)(O)OC[C@@H](O)COP(=O)(O)OC[C@@H](COC(=O)CCCCCCCCC(C)C)OC(=O)CCCCCCCCC(C)C. The number of carbonyl (C=O) groups is 4. The van der Waals surface area contributed by atoms with E-state index >= 15 is 0 Å². The lowest BCUT2D eigenvalue weighted by Crippen LogP contribution is -2.30. The predicted molar refractivity (Wildman–Crippen MR) is 335 cm³/mol. The summed E-state index contributed by atoms with van der Waals surface area (Å²) in [6, 6.07) is 0. The molecule has 0 aliphatic heterocycles. The van der Waals surface area contributed by atoms with Gasteiger partial charge in [-0.05, 0) is 63.2 Å². The molecular formula is C65H122O17P2. The molecule has 0 bridgehead atoms. The summed E-state index contributed by atoms with van der Waals surface area (Å²) in [5.74, 6) is -0.824. The number of unbranched alkanes of at least 4 members (excludes halogenated alkanes) is 29. The van der Waals surface area contributed by atoms with Crippen LogP contribution in [0.25, 0.3) is 0 Å². The summed E-state index contributed by atoms with van der Waals surface area (Å²) < 4.78 is 67.9. The summed E-state index contributed by atoms with van der Waals surface area (Å²) in [5, 5.41) is 10.5. The summed E-state index contributed by atoms with van der Waals surface area (Å²) in [6.07, 6.45) is 42.8. The van der Waals surface area contributed by atoms with Gasteiger partial charge in [0.1, 0.15) is 19.3 Å². The molecule has 3 N–H and O–H groups in total. The molecule has 0 heterocycles. The van der Waals surface area contributed by atoms with E-state index in [1.165, 1.54) is 96.3 Å². The molecule has 0 amide bonds. The van der Waals surface area contributed by atoms with Crippen LogP contribution in [0.3, 0.4) is 0 Å². The number of rotatable bonds is 62. The largest absolute Gasteiger partial charge is 0.472 e. The molecule has 84 heavy (non-hydrogen) atoms. The number of aliphatic hydroxyl groups excluding tert-OH is 1. The second kappa shape index (κ2) is 57.0. The fourth-order valence-corrected chi connectivity index (χ4v) is 10.7. The van der Waals surface area contributed by atoms with Crippen LogP contribution in [0.15, 0.2) is 24.3 Å². The molecule has 0 radical (unpaired) electrons. The summed E-state index contributed by atoms with van der Waals surface area (Å²) in [6.45, 7) is 9.25. The zero-order chi connectivity index (χ0) is 62.2. The van der Waals surface area contributed by atoms with E-state index in [1.54, 1.807) is 0 Å². The van der Waals surface area contributed by atoms with E-state index in [9.17, 15) is 43.2 Å². The summed E-state index contributed by atoms with van der Waals surface area (Å²) in [7, 11) is -9.90. The highest BCUT2D eigenvalue weighted by atomic mass is 31.2. The van der Waals surface area contributed by atoms with Crippen LogP contribution in [-0.4, -0.2) is 96.7 Å². The van der Waals surface area contributed by atoms with Gasteiger partial charge in [0.15, 0.2) is 12.2 Å². The Morgan fingerprint density at radius 1 is 0.369 bits per heavy atom. The highest BCUT2D eigenvalue weighted by Crippen LogP contribution is 2.45. The summed E-state index contributed by atoms with van der Waals surface area (Å²) >= 11 is 0. The fraction of sp³-hybridized carbons (Fsp3) is 0.877. The molecule has 2 unspecified atom stereocenters. The first kappa shape index (κ1) is 81.5. The Morgan fingerprint density at radius 2 is 0.643 bits per heavy atom. The van der Waals surface area contributed by atoms with Gasteiger partial charge < -0.3 is 33.8 Å². The topological polar surface area (TPSA) is 237 Å². The number of carbonyl (C=O) groups excluding carboxylic acids is 4. The number of phosphoric acid groups is 2. The molecule has 494 valence electrons. The average molecular weight is 1240 g/mol. The first-order valence-corrected chi connectivity index (χ1v) is 36.3. The molecule has 0 aromatic heterocycles. The van der Waals surface area contributed by atoms with E-state index in [-0.39, 0.29) is 25.7 Å². The number of hydrogen-bond donors (Lipinski definition) is 3. The maximum atomic E-state index is 13.0. The number of phosphoric ester groups is 2. The van der Waals surface area contributed by atoms with Gasteiger partial charge in [-0.1, -0.05) is 246 Å². The molecule has 0 aliphatic rings. The Hall–Kier alpha value is -2.46. The Kier molecular flexibility index (Phi) is 55.3. The van der Waals surface area contributed by atoms with E-state index in [1.807, 2.05) is 0 Å². The van der Waals surface area contributed by atoms with Crippen LogP contribution >= 0.6 is 15.6 Å². The lowest BCUT2D eigenvalue weighted by Gasteiger charge is -2.21. The van der Waals surface area contributed by atoms with Crippen LogP contribution in [0.4, 0.5) is 0 Å². The van der Waals surface area contributed by atoms with Gasteiger partial charge in [0.2, 0.25) is 0 Å². The Morgan fingerprint density at radius 3 is 0.976 bits per heavy atom. The van der Waals surface area contributed by atoms with E-state index in [0.717, 1.165) is 109 Å². The molecule has 0 aromatic rings. The minimum atomic E-state index is -4.95. The van der Waals surface area contributed by atoms with Crippen molar-refractivity contribution in [1.29, 1.82) is 0 Å². The molecule has 0 fully saturated rings. The number of hydrogen-bond acceptors (Lipinski definition) is 15. The zero-order valence-corrected chi connectivity index (χ0v) is 55.5. The van der Waals surface area contributed by atoms with Crippen molar-refractivity contribution in [3.05, 3.63) is 24.3 Å². The first-order chi connectivity index (χ1) is 40.4. The van der Waals surface area contributed by atoms with Crippen molar-refractivity contribution in [2.45, 2.75) is 317 Å². The molecule has 0 aromatic carbocycles. The predicted octanol–water partition coefficient (Wildman–Crippen LogP) is 17.6. The van der Waals surface area contributed by atoms with Crippen LogP contribution in [-0.2, 0) is 65.4 Å². The van der Waals surface area contributed by atoms with Gasteiger partial charge in [-0.25, -0.2) is 9.13 Å². The second-order valence-corrected chi connectivity index (χ2v) is 26.7. The number of ether oxygens (including phenoxy) is 4. The minimum absolute atomic E-state index is 0.0846. The van der Waals surface area contributed by atoms with E-state index in [4.69, 9.17) is 37.0 Å². The zero-order valence-electron chi connectivity index (χ0n) is 53.7. The maximum Gasteiger partial charge on any atom is 0.472 e. The lowest BCUT2D eigenvalue weighted by atomic mass is 10.0. The number of allylic oxidation sites excluding steroid dienone is 4. The molecule has 0 saturated heterocycles. The third-order valence-electron chi connectivity index (χ3n) is 14.3. The van der Waals surface area contributed by atoms with Crippen molar-refractivity contribution < 1.29 is 80.2 Å². The highest BCUT2D eigenvalue weighted by molar-refractivity contribution is 7.47. The molecule has 0 aliphatic carbocycles. The molecule has 5 atom stereocenters. The third-order valence-corrected chi connectivity index (χ3v) is 16.2. The van der Waals surface area contributed by atoms with E-state index in [0.29, 0.717) is 37.5 Å². The van der Waals surface area contributed by atoms with Gasteiger partial charge in [0.05, 0.1) is 26.4 Å². The van der Waals surface area contributed by atoms with Gasteiger partial charge in [-0.15, -0.1) is 0 Å². The van der Waals surface area contributed by atoms with Gasteiger partial charge in [0, 0.05) is 25.7 Å². The van der Waals surface area contributed by atoms with Gasteiger partial charge >= 0.3 is 39.5 Å². The van der Waals surface area contributed by atoms with Crippen LogP contribution in [0.2, 0.25) is 0 Å². The van der Waals surface area contributed by atoms with Crippen molar-refractivity contribution in [3.8, 4) is 0 Å². The second-order valence-electron chi connectivity index (χ2n) is 23.8. The van der Waals surface area contributed by atoms with Crippen LogP contribution in [0.5, 0.6) is 0 Å². The first-order valence-electron chi connectivity index (χ1n) is 33.3. The van der Waals surface area contributed by atoms with Gasteiger partial charge in [0.25, 0.3) is 0 Å².